The van der Waals surface area contributed by atoms with Gasteiger partial charge >= 0.3 is 0 Å². The topological polar surface area (TPSA) is 66.5 Å². The van der Waals surface area contributed by atoms with Gasteiger partial charge in [0.2, 0.25) is 15.9 Å². The van der Waals surface area contributed by atoms with E-state index in [-0.39, 0.29) is 18.9 Å². The number of hydrogen-bond acceptors (Lipinski definition) is 4. The summed E-state index contributed by atoms with van der Waals surface area (Å²) in [5, 5.41) is 3.41. The number of nitrogens with one attached hydrogen (secondary N) is 1. The molecule has 0 aromatic heterocycles. The highest BCUT2D eigenvalue weighted by Crippen LogP contribution is 2.27. The minimum absolute atomic E-state index is 0.147. The molecule has 3 aromatic carbocycles. The van der Waals surface area contributed by atoms with E-state index in [1.807, 2.05) is 44.2 Å². The second kappa shape index (κ2) is 11.8. The third kappa shape index (κ3) is 7.52. The maximum absolute atomic E-state index is 12.5. The second-order valence-corrected chi connectivity index (χ2v) is 11.6. The van der Waals surface area contributed by atoms with Gasteiger partial charge in [-0.25, -0.2) is 8.42 Å². The van der Waals surface area contributed by atoms with Crippen LogP contribution in [0.15, 0.2) is 71.6 Å². The lowest BCUT2D eigenvalue weighted by Gasteiger charge is -2.24. The Hall–Kier alpha value is -2.48. The monoisotopic (exact) mass is 516 g/mol. The zero-order valence-corrected chi connectivity index (χ0v) is 21.9. The predicted molar refractivity (Wildman–Crippen MR) is 143 cm³/mol. The van der Waals surface area contributed by atoms with Crippen LogP contribution in [0.4, 0.5) is 11.4 Å². The van der Waals surface area contributed by atoms with Gasteiger partial charge in [0.1, 0.15) is 0 Å². The van der Waals surface area contributed by atoms with Crippen LogP contribution in [0.1, 0.15) is 29.5 Å². The van der Waals surface area contributed by atoms with Crippen LogP contribution >= 0.6 is 23.4 Å². The number of hydrogen-bond donors (Lipinski definition) is 1. The van der Waals surface area contributed by atoms with E-state index in [0.29, 0.717) is 17.1 Å². The number of sulfonamides is 1. The Morgan fingerprint density at radius 2 is 1.74 bits per heavy atom. The molecule has 0 atom stereocenters. The summed E-state index contributed by atoms with van der Waals surface area (Å²) in [7, 11) is -3.51. The summed E-state index contributed by atoms with van der Waals surface area (Å²) in [6.45, 7) is 4.00. The molecule has 0 saturated heterocycles. The number of rotatable bonds is 10. The number of aryl methyl sites for hydroxylation is 2. The van der Waals surface area contributed by atoms with E-state index in [1.165, 1.54) is 14.8 Å². The van der Waals surface area contributed by atoms with Gasteiger partial charge in [-0.15, -0.1) is 11.8 Å². The maximum Gasteiger partial charge on any atom is 0.232 e. The highest BCUT2D eigenvalue weighted by molar-refractivity contribution is 7.98. The molecule has 1 amide bonds. The molecule has 0 unspecified atom stereocenters. The molecular weight excluding hydrogens is 488 g/mol. The molecule has 0 heterocycles. The second-order valence-electron chi connectivity index (χ2n) is 8.17. The minimum Gasteiger partial charge on any atom is -0.326 e. The van der Waals surface area contributed by atoms with Crippen molar-refractivity contribution in [3.63, 3.8) is 0 Å². The van der Waals surface area contributed by atoms with Crippen LogP contribution in [0.5, 0.6) is 0 Å². The number of benzene rings is 3. The van der Waals surface area contributed by atoms with E-state index >= 15 is 0 Å². The quantitative estimate of drug-likeness (QED) is 0.315. The Labute approximate surface area is 211 Å². The van der Waals surface area contributed by atoms with Gasteiger partial charge in [0.25, 0.3) is 0 Å². The molecule has 0 aliphatic carbocycles. The Morgan fingerprint density at radius 3 is 2.41 bits per heavy atom. The van der Waals surface area contributed by atoms with Crippen molar-refractivity contribution in [3.05, 3.63) is 88.4 Å². The van der Waals surface area contributed by atoms with E-state index in [4.69, 9.17) is 11.6 Å². The van der Waals surface area contributed by atoms with Gasteiger partial charge < -0.3 is 5.32 Å². The first-order valence-electron chi connectivity index (χ1n) is 10.9. The van der Waals surface area contributed by atoms with Gasteiger partial charge in [0, 0.05) is 34.3 Å². The van der Waals surface area contributed by atoms with E-state index in [0.717, 1.165) is 28.8 Å². The normalized spacial score (nSPS) is 11.3. The zero-order chi connectivity index (χ0) is 24.7. The first-order chi connectivity index (χ1) is 16.1. The van der Waals surface area contributed by atoms with Crippen molar-refractivity contribution in [2.24, 2.45) is 0 Å². The first kappa shape index (κ1) is 26.1. The lowest BCUT2D eigenvalue weighted by molar-refractivity contribution is -0.116. The molecule has 8 heteroatoms. The van der Waals surface area contributed by atoms with Gasteiger partial charge in [-0.2, -0.15) is 0 Å². The molecule has 180 valence electrons. The summed E-state index contributed by atoms with van der Waals surface area (Å²) in [5.74, 6) is 0.703. The van der Waals surface area contributed by atoms with E-state index in [1.54, 1.807) is 30.0 Å². The summed E-state index contributed by atoms with van der Waals surface area (Å²) in [5.41, 5.74) is 4.29. The van der Waals surface area contributed by atoms with Crippen molar-refractivity contribution < 1.29 is 13.2 Å². The third-order valence-corrected chi connectivity index (χ3v) is 7.82. The molecule has 0 spiro atoms. The molecule has 0 fully saturated rings. The molecule has 3 rings (SSSR count). The number of halogens is 1. The highest BCUT2D eigenvalue weighted by Gasteiger charge is 2.20. The van der Waals surface area contributed by atoms with Gasteiger partial charge in [0.15, 0.2) is 0 Å². The average Bonchev–Trinajstić information content (AvgIpc) is 2.79. The molecule has 0 saturated carbocycles. The molecule has 34 heavy (non-hydrogen) atoms. The maximum atomic E-state index is 12.5. The smallest absolute Gasteiger partial charge is 0.232 e. The van der Waals surface area contributed by atoms with Crippen molar-refractivity contribution in [2.45, 2.75) is 37.3 Å². The summed E-state index contributed by atoms with van der Waals surface area (Å²) in [4.78, 5) is 13.8. The van der Waals surface area contributed by atoms with Crippen LogP contribution in [0.3, 0.4) is 0 Å². The largest absolute Gasteiger partial charge is 0.326 e. The Balaban J connectivity index is 1.56. The number of carbonyl (C=O) groups is 1. The summed E-state index contributed by atoms with van der Waals surface area (Å²) < 4.78 is 26.0. The highest BCUT2D eigenvalue weighted by atomic mass is 35.5. The molecule has 3 aromatic rings. The lowest BCUT2D eigenvalue weighted by Crippen LogP contribution is -2.32. The van der Waals surface area contributed by atoms with Gasteiger partial charge in [0.05, 0.1) is 11.9 Å². The van der Waals surface area contributed by atoms with Crippen molar-refractivity contribution >= 4 is 50.7 Å². The van der Waals surface area contributed by atoms with Gasteiger partial charge in [-0.1, -0.05) is 48.0 Å². The van der Waals surface area contributed by atoms with Crippen LogP contribution < -0.4 is 9.62 Å². The molecule has 1 N–H and O–H groups in total. The number of anilines is 2. The fraction of sp³-hybridized carbons (Fsp3) is 0.269. The molecule has 0 aliphatic heterocycles. The number of amides is 1. The van der Waals surface area contributed by atoms with Crippen LogP contribution in [0.25, 0.3) is 0 Å². The van der Waals surface area contributed by atoms with Crippen molar-refractivity contribution in [2.75, 3.05) is 22.4 Å². The van der Waals surface area contributed by atoms with Crippen LogP contribution in [0, 0.1) is 13.8 Å². The minimum atomic E-state index is -3.51. The Morgan fingerprint density at radius 1 is 1.00 bits per heavy atom. The van der Waals surface area contributed by atoms with Crippen LogP contribution in [-0.4, -0.2) is 27.1 Å². The van der Waals surface area contributed by atoms with Crippen molar-refractivity contribution in [3.8, 4) is 0 Å². The van der Waals surface area contributed by atoms with Crippen molar-refractivity contribution in [1.82, 2.24) is 0 Å². The van der Waals surface area contributed by atoms with Crippen molar-refractivity contribution in [1.29, 1.82) is 0 Å². The van der Waals surface area contributed by atoms with Crippen LogP contribution in [-0.2, 0) is 20.6 Å². The third-order valence-electron chi connectivity index (χ3n) is 5.32. The summed E-state index contributed by atoms with van der Waals surface area (Å²) >= 11 is 7.84. The summed E-state index contributed by atoms with van der Waals surface area (Å²) in [6.07, 6.45) is 1.75. The van der Waals surface area contributed by atoms with E-state index in [2.05, 4.69) is 23.5 Å². The zero-order valence-electron chi connectivity index (χ0n) is 19.5. The fourth-order valence-corrected chi connectivity index (χ4v) is 5.59. The fourth-order valence-electron chi connectivity index (χ4n) is 3.55. The molecule has 0 bridgehead atoms. The van der Waals surface area contributed by atoms with E-state index in [9.17, 15) is 13.2 Å². The van der Waals surface area contributed by atoms with E-state index < -0.39 is 10.0 Å². The average molecular weight is 517 g/mol. The number of nitrogens with zero attached hydrogens (tertiary/aromatic N) is 1. The molecule has 0 aliphatic rings. The lowest BCUT2D eigenvalue weighted by atomic mass is 10.1. The molecule has 0 radical (unpaired) electrons. The Kier molecular flexibility index (Phi) is 9.05. The van der Waals surface area contributed by atoms with Crippen LogP contribution in [0.2, 0.25) is 5.02 Å². The first-order valence-corrected chi connectivity index (χ1v) is 14.2. The Bertz CT molecular complexity index is 1250. The van der Waals surface area contributed by atoms with Gasteiger partial charge in [-0.3, -0.25) is 9.10 Å². The number of carbonyl (C=O) groups excluding carboxylic acids is 1. The predicted octanol–water partition coefficient (Wildman–Crippen LogP) is 6.43. The standard InChI is InChI=1S/C26H29ClN2O3S2/c1-19-11-13-22(27)17-25(19)29(34(3,31)32)15-7-10-26(30)28-24-14-12-21(16-20(24)2)18-33-23-8-5-4-6-9-23/h4-6,8-9,11-14,16-17H,7,10,15,18H2,1-3H3,(H,28,30). The molecule has 5 nitrogen and oxygen atoms in total. The summed E-state index contributed by atoms with van der Waals surface area (Å²) in [6, 6.07) is 21.4. The molecular formula is C26H29ClN2O3S2. The SMILES string of the molecule is Cc1cc(CSc2ccccc2)ccc1NC(=O)CCCN(c1cc(Cl)ccc1C)S(C)(=O)=O. The van der Waals surface area contributed by atoms with Gasteiger partial charge in [-0.05, 0) is 67.3 Å². The number of thioether (sulfide) groups is 1.